The minimum atomic E-state index is -0.736. The zero-order chi connectivity index (χ0) is 13.3. The second-order valence-corrected chi connectivity index (χ2v) is 4.83. The fraction of sp³-hybridized carbons (Fsp3) is 0.833. The summed E-state index contributed by atoms with van der Waals surface area (Å²) in [6.07, 6.45) is 0.985. The Hall–Kier alpha value is -0.980. The molecule has 6 nitrogen and oxygen atoms in total. The van der Waals surface area contributed by atoms with E-state index in [-0.39, 0.29) is 30.8 Å². The maximum absolute atomic E-state index is 12.0. The van der Waals surface area contributed by atoms with Gasteiger partial charge in [0.25, 0.3) is 0 Å². The number of carbonyl (C=O) groups is 2. The van der Waals surface area contributed by atoms with Crippen LogP contribution in [0.5, 0.6) is 0 Å². The van der Waals surface area contributed by atoms with E-state index in [1.807, 2.05) is 7.05 Å². The molecule has 0 N–H and O–H groups in total. The molecule has 2 rings (SSSR count). The molecular formula is C12H19NO5. The lowest BCUT2D eigenvalue weighted by atomic mass is 9.88. The number of esters is 1. The molecular weight excluding hydrogens is 238 g/mol. The van der Waals surface area contributed by atoms with Crippen molar-refractivity contribution in [2.24, 2.45) is 5.92 Å². The first-order valence-corrected chi connectivity index (χ1v) is 6.03. The largest absolute Gasteiger partial charge is 0.468 e. The fourth-order valence-electron chi connectivity index (χ4n) is 3.03. The lowest BCUT2D eigenvalue weighted by Crippen LogP contribution is -2.53. The summed E-state index contributed by atoms with van der Waals surface area (Å²) in [5.74, 6) is -1.25. The van der Waals surface area contributed by atoms with Crippen LogP contribution in [0.3, 0.4) is 0 Å². The Bertz CT molecular complexity index is 345. The van der Waals surface area contributed by atoms with Gasteiger partial charge in [0, 0.05) is 19.6 Å². The summed E-state index contributed by atoms with van der Waals surface area (Å²) in [4.78, 5) is 25.8. The van der Waals surface area contributed by atoms with Gasteiger partial charge in [-0.3, -0.25) is 14.5 Å². The van der Waals surface area contributed by atoms with Gasteiger partial charge >= 0.3 is 5.97 Å². The van der Waals surface area contributed by atoms with Gasteiger partial charge in [0.15, 0.2) is 0 Å². The summed E-state index contributed by atoms with van der Waals surface area (Å²) in [6.45, 7) is 0.170. The average Bonchev–Trinajstić information content (AvgIpc) is 2.56. The number of ketones is 1. The molecule has 0 radical (unpaired) electrons. The summed E-state index contributed by atoms with van der Waals surface area (Å²) < 4.78 is 15.2. The van der Waals surface area contributed by atoms with Gasteiger partial charge in [0.05, 0.1) is 19.3 Å². The van der Waals surface area contributed by atoms with Crippen LogP contribution in [-0.2, 0) is 23.8 Å². The molecule has 0 aromatic carbocycles. The van der Waals surface area contributed by atoms with Crippen LogP contribution in [-0.4, -0.2) is 62.9 Å². The number of likely N-dealkylation sites (N-methyl/N-ethyl adjacent to an activating group) is 1. The van der Waals surface area contributed by atoms with Gasteiger partial charge < -0.3 is 14.2 Å². The monoisotopic (exact) mass is 257 g/mol. The normalized spacial score (nSPS) is 35.8. The van der Waals surface area contributed by atoms with Crippen LogP contribution < -0.4 is 0 Å². The van der Waals surface area contributed by atoms with Gasteiger partial charge in [-0.2, -0.15) is 0 Å². The lowest BCUT2D eigenvalue weighted by Gasteiger charge is -2.35. The lowest BCUT2D eigenvalue weighted by molar-refractivity contribution is -0.158. The van der Waals surface area contributed by atoms with Gasteiger partial charge in [-0.1, -0.05) is 0 Å². The third-order valence-corrected chi connectivity index (χ3v) is 3.91. The number of nitrogens with zero attached hydrogens (tertiary/aromatic N) is 1. The topological polar surface area (TPSA) is 65.1 Å². The first-order chi connectivity index (χ1) is 8.60. The highest BCUT2D eigenvalue weighted by Gasteiger charge is 2.54. The van der Waals surface area contributed by atoms with E-state index in [1.165, 1.54) is 7.11 Å². The van der Waals surface area contributed by atoms with Crippen molar-refractivity contribution < 1.29 is 23.8 Å². The third-order valence-electron chi connectivity index (χ3n) is 3.91. The van der Waals surface area contributed by atoms with Crippen molar-refractivity contribution in [1.82, 2.24) is 4.90 Å². The highest BCUT2D eigenvalue weighted by molar-refractivity contribution is 6.01. The minimum Gasteiger partial charge on any atom is -0.468 e. The molecule has 3 unspecified atom stereocenters. The summed E-state index contributed by atoms with van der Waals surface area (Å²) in [6, 6.07) is -0.0795. The van der Waals surface area contributed by atoms with E-state index in [9.17, 15) is 9.59 Å². The fourth-order valence-corrected chi connectivity index (χ4v) is 3.03. The smallest absolute Gasteiger partial charge is 0.317 e. The second-order valence-electron chi connectivity index (χ2n) is 4.83. The van der Waals surface area contributed by atoms with Crippen molar-refractivity contribution in [3.05, 3.63) is 0 Å². The molecule has 0 saturated carbocycles. The number of hydrogen-bond acceptors (Lipinski definition) is 6. The van der Waals surface area contributed by atoms with Crippen LogP contribution in [0, 0.1) is 5.92 Å². The number of hydrogen-bond donors (Lipinski definition) is 0. The Morgan fingerprint density at radius 1 is 1.44 bits per heavy atom. The number of ether oxygens (including phenoxy) is 3. The maximum Gasteiger partial charge on any atom is 0.317 e. The number of carbonyl (C=O) groups excluding carboxylic acids is 2. The van der Waals surface area contributed by atoms with Crippen LogP contribution in [0.2, 0.25) is 0 Å². The molecule has 0 amide bonds. The molecule has 2 fully saturated rings. The molecule has 4 atom stereocenters. The van der Waals surface area contributed by atoms with Crippen LogP contribution in [0.15, 0.2) is 0 Å². The highest BCUT2D eigenvalue weighted by Crippen LogP contribution is 2.38. The summed E-state index contributed by atoms with van der Waals surface area (Å²) in [5, 5.41) is 0. The van der Waals surface area contributed by atoms with Crippen LogP contribution in [0.4, 0.5) is 0 Å². The Labute approximate surface area is 106 Å². The van der Waals surface area contributed by atoms with Gasteiger partial charge in [0.1, 0.15) is 18.5 Å². The highest BCUT2D eigenvalue weighted by atomic mass is 16.7. The molecule has 2 bridgehead atoms. The molecule has 0 aromatic heterocycles. The van der Waals surface area contributed by atoms with E-state index in [1.54, 1.807) is 7.11 Å². The van der Waals surface area contributed by atoms with Crippen LogP contribution in [0.25, 0.3) is 0 Å². The molecule has 0 spiro atoms. The maximum atomic E-state index is 12.0. The summed E-state index contributed by atoms with van der Waals surface area (Å²) in [7, 11) is 4.78. The molecule has 2 saturated heterocycles. The van der Waals surface area contributed by atoms with Gasteiger partial charge in [-0.25, -0.2) is 0 Å². The molecule has 2 aliphatic rings. The number of piperidine rings is 1. The van der Waals surface area contributed by atoms with Crippen LogP contribution in [0.1, 0.15) is 12.8 Å². The standard InChI is InChI=1S/C12H19NO5/c1-13-7-4-8(14)10(12(15)17-3)11(13)9(5-7)18-6-16-2/h7,9-11H,4-6H2,1-3H3/t7?,9-,10?,11?/m1/s1. The first kappa shape index (κ1) is 13.5. The molecule has 2 heterocycles. The van der Waals surface area contributed by atoms with Crippen LogP contribution >= 0.6 is 0 Å². The molecule has 6 heteroatoms. The van der Waals surface area contributed by atoms with Gasteiger partial charge in [-0.15, -0.1) is 0 Å². The summed E-state index contributed by atoms with van der Waals surface area (Å²) in [5.41, 5.74) is 0. The third kappa shape index (κ3) is 2.15. The zero-order valence-electron chi connectivity index (χ0n) is 10.9. The molecule has 2 aliphatic heterocycles. The molecule has 102 valence electrons. The van der Waals surface area contributed by atoms with E-state index < -0.39 is 11.9 Å². The van der Waals surface area contributed by atoms with E-state index >= 15 is 0 Å². The van der Waals surface area contributed by atoms with Crippen molar-refractivity contribution >= 4 is 11.8 Å². The van der Waals surface area contributed by atoms with Crippen molar-refractivity contribution in [1.29, 1.82) is 0 Å². The number of methoxy groups -OCH3 is 2. The Morgan fingerprint density at radius 3 is 2.78 bits per heavy atom. The van der Waals surface area contributed by atoms with Gasteiger partial charge in [0.2, 0.25) is 0 Å². The Kier molecular flexibility index (Phi) is 3.99. The average molecular weight is 257 g/mol. The zero-order valence-corrected chi connectivity index (χ0v) is 10.9. The predicted molar refractivity (Wildman–Crippen MR) is 61.8 cm³/mol. The number of rotatable bonds is 4. The number of Topliss-reactive ketones (excluding diaryl/α,β-unsaturated/α-hetero) is 1. The number of fused-ring (bicyclic) bond motifs is 2. The molecule has 18 heavy (non-hydrogen) atoms. The summed E-state index contributed by atoms with van der Waals surface area (Å²) >= 11 is 0. The molecule has 0 aromatic rings. The Balaban J connectivity index is 2.19. The predicted octanol–water partition coefficient (Wildman–Crippen LogP) is -0.190. The quantitative estimate of drug-likeness (QED) is 0.395. The van der Waals surface area contributed by atoms with Crippen molar-refractivity contribution in [2.75, 3.05) is 28.1 Å². The molecule has 0 aliphatic carbocycles. The van der Waals surface area contributed by atoms with E-state index in [0.29, 0.717) is 6.42 Å². The Morgan fingerprint density at radius 2 is 2.17 bits per heavy atom. The van der Waals surface area contributed by atoms with E-state index in [0.717, 1.165) is 6.42 Å². The second kappa shape index (κ2) is 5.34. The van der Waals surface area contributed by atoms with Crippen molar-refractivity contribution in [2.45, 2.75) is 31.0 Å². The minimum absolute atomic E-state index is 0.0431. The van der Waals surface area contributed by atoms with Gasteiger partial charge in [-0.05, 0) is 13.5 Å². The van der Waals surface area contributed by atoms with E-state index in [4.69, 9.17) is 14.2 Å². The first-order valence-electron chi connectivity index (χ1n) is 6.03. The SMILES string of the molecule is COCO[C@@H]1CC2CC(=O)C(C(=O)OC)C1N2C. The van der Waals surface area contributed by atoms with Crippen molar-refractivity contribution in [3.63, 3.8) is 0 Å². The van der Waals surface area contributed by atoms with E-state index in [2.05, 4.69) is 4.90 Å². The van der Waals surface area contributed by atoms with Crippen molar-refractivity contribution in [3.8, 4) is 0 Å².